The first kappa shape index (κ1) is 13.2. The average Bonchev–Trinajstić information content (AvgIpc) is 2.72. The van der Waals surface area contributed by atoms with Gasteiger partial charge in [-0.15, -0.1) is 0 Å². The summed E-state index contributed by atoms with van der Waals surface area (Å²) in [4.78, 5) is 11.6. The van der Waals surface area contributed by atoms with Crippen molar-refractivity contribution in [1.82, 2.24) is 15.0 Å². The van der Waals surface area contributed by atoms with Crippen molar-refractivity contribution in [3.8, 4) is 11.4 Å². The van der Waals surface area contributed by atoms with Crippen molar-refractivity contribution in [3.05, 3.63) is 43.9 Å². The van der Waals surface area contributed by atoms with Crippen molar-refractivity contribution < 1.29 is 0 Å². The molecule has 3 nitrogen and oxygen atoms in total. The molecule has 3 rings (SSSR count). The van der Waals surface area contributed by atoms with Gasteiger partial charge in [0.2, 0.25) is 0 Å². The van der Waals surface area contributed by atoms with Crippen LogP contribution in [-0.2, 0) is 0 Å². The van der Waals surface area contributed by atoms with Gasteiger partial charge in [-0.1, -0.05) is 50.7 Å². The molecule has 1 N–H and O–H groups in total. The SMILES string of the molecule is Clc1cc(Br)ccc1-c1nc2nc(Cl)c(Cl)cc2[nH]1. The number of imidazole rings is 1. The molecule has 0 saturated carbocycles. The van der Waals surface area contributed by atoms with Crippen LogP contribution in [0.2, 0.25) is 15.2 Å². The van der Waals surface area contributed by atoms with Crippen LogP contribution in [0.4, 0.5) is 0 Å². The zero-order chi connectivity index (χ0) is 13.6. The maximum absolute atomic E-state index is 6.19. The zero-order valence-corrected chi connectivity index (χ0v) is 13.1. The predicted molar refractivity (Wildman–Crippen MR) is 82.1 cm³/mol. The fraction of sp³-hybridized carbons (Fsp3) is 0. The van der Waals surface area contributed by atoms with Crippen molar-refractivity contribution >= 4 is 61.9 Å². The van der Waals surface area contributed by atoms with E-state index < -0.39 is 0 Å². The van der Waals surface area contributed by atoms with Gasteiger partial charge in [-0.05, 0) is 24.3 Å². The van der Waals surface area contributed by atoms with Crippen LogP contribution in [0.15, 0.2) is 28.7 Å². The van der Waals surface area contributed by atoms with Crippen LogP contribution in [0.25, 0.3) is 22.6 Å². The average molecular weight is 377 g/mol. The van der Waals surface area contributed by atoms with E-state index in [2.05, 4.69) is 30.9 Å². The number of halogens is 4. The predicted octanol–water partition coefficient (Wildman–Crippen LogP) is 5.35. The lowest BCUT2D eigenvalue weighted by atomic mass is 10.2. The molecule has 0 spiro atoms. The molecule has 0 amide bonds. The van der Waals surface area contributed by atoms with Gasteiger partial charge in [-0.25, -0.2) is 9.97 Å². The van der Waals surface area contributed by atoms with Crippen molar-refractivity contribution in [2.45, 2.75) is 0 Å². The standard InChI is InChI=1S/C12H5BrCl3N3/c13-5-1-2-6(7(14)3-5)11-17-9-4-8(15)10(16)18-12(9)19-11/h1-4H,(H,17,18,19). The molecule has 0 bridgehead atoms. The molecule has 19 heavy (non-hydrogen) atoms. The first-order valence-electron chi connectivity index (χ1n) is 5.22. The Balaban J connectivity index is 2.20. The first-order valence-corrected chi connectivity index (χ1v) is 7.14. The third kappa shape index (κ3) is 2.46. The Hall–Kier alpha value is -0.810. The van der Waals surface area contributed by atoms with E-state index in [-0.39, 0.29) is 5.15 Å². The highest BCUT2D eigenvalue weighted by molar-refractivity contribution is 9.10. The molecule has 0 aliphatic carbocycles. The van der Waals surface area contributed by atoms with Gasteiger partial charge in [0.15, 0.2) is 5.65 Å². The number of fused-ring (bicyclic) bond motifs is 1. The summed E-state index contributed by atoms with van der Waals surface area (Å²) >= 11 is 21.3. The molecule has 0 unspecified atom stereocenters. The van der Waals surface area contributed by atoms with Crippen LogP contribution in [0.5, 0.6) is 0 Å². The molecule has 0 atom stereocenters. The van der Waals surface area contributed by atoms with E-state index in [1.165, 1.54) is 0 Å². The molecule has 3 aromatic rings. The van der Waals surface area contributed by atoms with Gasteiger partial charge < -0.3 is 4.98 Å². The topological polar surface area (TPSA) is 41.6 Å². The van der Waals surface area contributed by atoms with Crippen LogP contribution in [0, 0.1) is 0 Å². The van der Waals surface area contributed by atoms with E-state index in [4.69, 9.17) is 34.8 Å². The smallest absolute Gasteiger partial charge is 0.179 e. The van der Waals surface area contributed by atoms with E-state index in [0.29, 0.717) is 27.0 Å². The lowest BCUT2D eigenvalue weighted by Gasteiger charge is -2.00. The number of rotatable bonds is 1. The molecule has 1 aromatic carbocycles. The van der Waals surface area contributed by atoms with Gasteiger partial charge in [0.05, 0.1) is 15.6 Å². The summed E-state index contributed by atoms with van der Waals surface area (Å²) in [6, 6.07) is 7.25. The Morgan fingerprint density at radius 3 is 2.53 bits per heavy atom. The third-order valence-corrected chi connectivity index (χ3v) is 4.05. The summed E-state index contributed by atoms with van der Waals surface area (Å²) in [6.45, 7) is 0. The number of nitrogens with zero attached hydrogens (tertiary/aromatic N) is 2. The molecule has 0 aliphatic heterocycles. The van der Waals surface area contributed by atoms with Crippen LogP contribution >= 0.6 is 50.7 Å². The number of pyridine rings is 1. The summed E-state index contributed by atoms with van der Waals surface area (Å²) in [6.07, 6.45) is 0. The lowest BCUT2D eigenvalue weighted by Crippen LogP contribution is -1.82. The third-order valence-electron chi connectivity index (χ3n) is 2.57. The number of H-pyrrole nitrogens is 1. The van der Waals surface area contributed by atoms with Gasteiger partial charge in [-0.2, -0.15) is 0 Å². The van der Waals surface area contributed by atoms with E-state index >= 15 is 0 Å². The molecule has 0 fully saturated rings. The zero-order valence-electron chi connectivity index (χ0n) is 9.22. The Bertz CT molecular complexity index is 746. The second-order valence-electron chi connectivity index (χ2n) is 3.84. The first-order chi connectivity index (χ1) is 9.04. The summed E-state index contributed by atoms with van der Waals surface area (Å²) in [7, 11) is 0. The normalized spacial score (nSPS) is 11.2. The highest BCUT2D eigenvalue weighted by Gasteiger charge is 2.12. The van der Waals surface area contributed by atoms with Crippen LogP contribution in [0.3, 0.4) is 0 Å². The number of benzene rings is 1. The molecule has 7 heteroatoms. The second kappa shape index (κ2) is 4.94. The van der Waals surface area contributed by atoms with Crippen molar-refractivity contribution in [2.24, 2.45) is 0 Å². The minimum absolute atomic E-state index is 0.231. The van der Waals surface area contributed by atoms with E-state index in [0.717, 1.165) is 10.0 Å². The molecule has 0 aliphatic rings. The monoisotopic (exact) mass is 375 g/mol. The van der Waals surface area contributed by atoms with E-state index in [1.807, 2.05) is 12.1 Å². The molecule has 0 radical (unpaired) electrons. The van der Waals surface area contributed by atoms with Gasteiger partial charge in [0.25, 0.3) is 0 Å². The highest BCUT2D eigenvalue weighted by atomic mass is 79.9. The Morgan fingerprint density at radius 1 is 1.00 bits per heavy atom. The van der Waals surface area contributed by atoms with Crippen LogP contribution < -0.4 is 0 Å². The van der Waals surface area contributed by atoms with Crippen LogP contribution in [0.1, 0.15) is 0 Å². The van der Waals surface area contributed by atoms with Crippen molar-refractivity contribution in [3.63, 3.8) is 0 Å². The molecular weight excluding hydrogens is 372 g/mol. The van der Waals surface area contributed by atoms with Crippen LogP contribution in [-0.4, -0.2) is 15.0 Å². The molecule has 0 saturated heterocycles. The number of aromatic amines is 1. The van der Waals surface area contributed by atoms with Gasteiger partial charge in [0, 0.05) is 10.0 Å². The Labute approximate surface area is 132 Å². The lowest BCUT2D eigenvalue weighted by molar-refractivity contribution is 1.30. The quantitative estimate of drug-likeness (QED) is 0.581. The maximum atomic E-state index is 6.19. The summed E-state index contributed by atoms with van der Waals surface area (Å²) in [5.41, 5.74) is 2.00. The molecule has 2 aromatic heterocycles. The summed E-state index contributed by atoms with van der Waals surface area (Å²) < 4.78 is 0.904. The minimum Gasteiger partial charge on any atom is -0.336 e. The van der Waals surface area contributed by atoms with Gasteiger partial charge in [-0.3, -0.25) is 0 Å². The van der Waals surface area contributed by atoms with Crippen molar-refractivity contribution in [2.75, 3.05) is 0 Å². The number of hydrogen-bond acceptors (Lipinski definition) is 2. The Morgan fingerprint density at radius 2 is 1.79 bits per heavy atom. The molecule has 2 heterocycles. The van der Waals surface area contributed by atoms with Gasteiger partial charge in [0.1, 0.15) is 11.0 Å². The summed E-state index contributed by atoms with van der Waals surface area (Å²) in [5, 5.41) is 1.20. The van der Waals surface area contributed by atoms with E-state index in [9.17, 15) is 0 Å². The van der Waals surface area contributed by atoms with Gasteiger partial charge >= 0.3 is 0 Å². The largest absolute Gasteiger partial charge is 0.336 e. The highest BCUT2D eigenvalue weighted by Crippen LogP contribution is 2.31. The molecule has 96 valence electrons. The summed E-state index contributed by atoms with van der Waals surface area (Å²) in [5.74, 6) is 0.623. The minimum atomic E-state index is 0.231. The number of hydrogen-bond donors (Lipinski definition) is 1. The molecular formula is C12H5BrCl3N3. The maximum Gasteiger partial charge on any atom is 0.179 e. The Kier molecular flexibility index (Phi) is 3.43. The number of nitrogens with one attached hydrogen (secondary N) is 1. The second-order valence-corrected chi connectivity index (χ2v) is 5.93. The fourth-order valence-corrected chi connectivity index (χ4v) is 2.75. The fourth-order valence-electron chi connectivity index (χ4n) is 1.71. The van der Waals surface area contributed by atoms with E-state index in [1.54, 1.807) is 12.1 Å². The number of aromatic nitrogens is 3. The van der Waals surface area contributed by atoms with Crippen molar-refractivity contribution in [1.29, 1.82) is 0 Å².